The molecule has 0 saturated heterocycles. The molecule has 0 spiro atoms. The highest BCUT2D eigenvalue weighted by Gasteiger charge is 2.35. The van der Waals surface area contributed by atoms with Crippen molar-refractivity contribution in [3.05, 3.63) is 34.3 Å². The zero-order chi connectivity index (χ0) is 9.26. The molecule has 0 bridgehead atoms. The van der Waals surface area contributed by atoms with Crippen LogP contribution in [0.2, 0.25) is 0 Å². The molecule has 1 aliphatic carbocycles. The number of halogens is 1. The molecule has 1 aromatic rings. The van der Waals surface area contributed by atoms with Crippen LogP contribution in [0.15, 0.2) is 28.7 Å². The van der Waals surface area contributed by atoms with E-state index in [1.54, 1.807) is 0 Å². The Balaban J connectivity index is 1.92. The number of hydrogen-bond donors (Lipinski definition) is 1. The van der Waals surface area contributed by atoms with Gasteiger partial charge in [0.05, 0.1) is 0 Å². The van der Waals surface area contributed by atoms with Crippen molar-refractivity contribution in [2.24, 2.45) is 17.6 Å². The largest absolute Gasteiger partial charge is 0.330 e. The molecule has 13 heavy (non-hydrogen) atoms. The molecule has 0 aliphatic heterocycles. The van der Waals surface area contributed by atoms with E-state index in [0.29, 0.717) is 0 Å². The highest BCUT2D eigenvalue weighted by molar-refractivity contribution is 9.10. The van der Waals surface area contributed by atoms with E-state index in [-0.39, 0.29) is 0 Å². The summed E-state index contributed by atoms with van der Waals surface area (Å²) in [6.07, 6.45) is 2.53. The van der Waals surface area contributed by atoms with E-state index in [0.717, 1.165) is 22.9 Å². The third-order valence-corrected chi connectivity index (χ3v) is 3.31. The summed E-state index contributed by atoms with van der Waals surface area (Å²) in [6, 6.07) is 8.59. The van der Waals surface area contributed by atoms with E-state index in [4.69, 9.17) is 5.73 Å². The van der Waals surface area contributed by atoms with Gasteiger partial charge in [0.2, 0.25) is 0 Å². The predicted octanol–water partition coefficient (Wildman–Crippen LogP) is 2.59. The molecule has 1 fully saturated rings. The van der Waals surface area contributed by atoms with Gasteiger partial charge in [-0.1, -0.05) is 28.1 Å². The molecule has 1 aromatic carbocycles. The van der Waals surface area contributed by atoms with Crippen molar-refractivity contribution in [1.82, 2.24) is 0 Å². The van der Waals surface area contributed by atoms with Crippen LogP contribution in [0.1, 0.15) is 12.0 Å². The molecule has 70 valence electrons. The maximum atomic E-state index is 5.59. The van der Waals surface area contributed by atoms with Crippen LogP contribution in [0.4, 0.5) is 0 Å². The Morgan fingerprint density at radius 1 is 1.23 bits per heavy atom. The van der Waals surface area contributed by atoms with Gasteiger partial charge < -0.3 is 5.73 Å². The molecule has 2 atom stereocenters. The van der Waals surface area contributed by atoms with Gasteiger partial charge in [-0.25, -0.2) is 0 Å². The minimum atomic E-state index is 0.795. The maximum absolute atomic E-state index is 5.59. The van der Waals surface area contributed by atoms with Crippen LogP contribution >= 0.6 is 15.9 Å². The molecule has 2 unspecified atom stereocenters. The molecule has 2 rings (SSSR count). The summed E-state index contributed by atoms with van der Waals surface area (Å²) < 4.78 is 1.16. The minimum absolute atomic E-state index is 0.795. The lowest BCUT2D eigenvalue weighted by Crippen LogP contribution is -2.03. The number of nitrogens with two attached hydrogens (primary N) is 1. The minimum Gasteiger partial charge on any atom is -0.330 e. The zero-order valence-electron chi connectivity index (χ0n) is 7.54. The molecular weight excluding hydrogens is 226 g/mol. The molecule has 0 radical (unpaired) electrons. The van der Waals surface area contributed by atoms with Crippen molar-refractivity contribution >= 4 is 15.9 Å². The van der Waals surface area contributed by atoms with Crippen molar-refractivity contribution in [3.8, 4) is 0 Å². The van der Waals surface area contributed by atoms with E-state index in [1.807, 2.05) is 0 Å². The van der Waals surface area contributed by atoms with Crippen molar-refractivity contribution < 1.29 is 0 Å². The standard InChI is InChI=1S/C11H14BrN/c12-11-3-1-8(2-4-11)5-9-6-10(9)7-13/h1-4,9-10H,5-7,13H2. The lowest BCUT2D eigenvalue weighted by Gasteiger charge is -1.99. The average Bonchev–Trinajstić information content (AvgIpc) is 2.88. The second-order valence-corrected chi connectivity index (χ2v) is 4.74. The first kappa shape index (κ1) is 9.22. The Kier molecular flexibility index (Phi) is 2.70. The monoisotopic (exact) mass is 239 g/mol. The van der Waals surface area contributed by atoms with Crippen LogP contribution in [0.5, 0.6) is 0 Å². The molecular formula is C11H14BrN. The number of benzene rings is 1. The van der Waals surface area contributed by atoms with Crippen LogP contribution in [-0.2, 0) is 6.42 Å². The van der Waals surface area contributed by atoms with Gasteiger partial charge in [0.25, 0.3) is 0 Å². The van der Waals surface area contributed by atoms with Gasteiger partial charge in [-0.05, 0) is 48.9 Å². The molecule has 2 heteroatoms. The molecule has 1 nitrogen and oxygen atoms in total. The summed E-state index contributed by atoms with van der Waals surface area (Å²) in [6.45, 7) is 0.862. The Morgan fingerprint density at radius 3 is 2.46 bits per heavy atom. The normalized spacial score (nSPS) is 26.0. The lowest BCUT2D eigenvalue weighted by atomic mass is 10.1. The summed E-state index contributed by atoms with van der Waals surface area (Å²) in [4.78, 5) is 0. The van der Waals surface area contributed by atoms with Gasteiger partial charge in [0.1, 0.15) is 0 Å². The van der Waals surface area contributed by atoms with Crippen LogP contribution in [0, 0.1) is 11.8 Å². The fourth-order valence-corrected chi connectivity index (χ4v) is 2.04. The maximum Gasteiger partial charge on any atom is 0.0175 e. The first-order valence-corrected chi connectivity index (χ1v) is 5.53. The van der Waals surface area contributed by atoms with Crippen LogP contribution in [0.3, 0.4) is 0 Å². The Morgan fingerprint density at radius 2 is 1.92 bits per heavy atom. The van der Waals surface area contributed by atoms with E-state index in [1.165, 1.54) is 18.4 Å². The second kappa shape index (κ2) is 3.81. The third-order valence-electron chi connectivity index (χ3n) is 2.78. The van der Waals surface area contributed by atoms with E-state index in [2.05, 4.69) is 40.2 Å². The number of rotatable bonds is 3. The lowest BCUT2D eigenvalue weighted by molar-refractivity contribution is 0.704. The van der Waals surface area contributed by atoms with E-state index in [9.17, 15) is 0 Å². The van der Waals surface area contributed by atoms with Gasteiger partial charge in [0.15, 0.2) is 0 Å². The van der Waals surface area contributed by atoms with Gasteiger partial charge in [-0.3, -0.25) is 0 Å². The fourth-order valence-electron chi connectivity index (χ4n) is 1.77. The second-order valence-electron chi connectivity index (χ2n) is 3.82. The summed E-state index contributed by atoms with van der Waals surface area (Å²) in [5.74, 6) is 1.65. The zero-order valence-corrected chi connectivity index (χ0v) is 9.13. The van der Waals surface area contributed by atoms with Crippen molar-refractivity contribution in [2.75, 3.05) is 6.54 Å². The Bertz CT molecular complexity index is 281. The molecule has 2 N–H and O–H groups in total. The van der Waals surface area contributed by atoms with Gasteiger partial charge in [-0.2, -0.15) is 0 Å². The molecule has 0 amide bonds. The topological polar surface area (TPSA) is 26.0 Å². The summed E-state index contributed by atoms with van der Waals surface area (Å²) in [7, 11) is 0. The number of hydrogen-bond acceptors (Lipinski definition) is 1. The Labute approximate surface area is 87.5 Å². The van der Waals surface area contributed by atoms with Crippen LogP contribution in [-0.4, -0.2) is 6.54 Å². The first-order chi connectivity index (χ1) is 6.29. The van der Waals surface area contributed by atoms with Gasteiger partial charge in [-0.15, -0.1) is 0 Å². The van der Waals surface area contributed by atoms with Crippen molar-refractivity contribution in [3.63, 3.8) is 0 Å². The summed E-state index contributed by atoms with van der Waals surface area (Å²) in [5.41, 5.74) is 7.03. The molecule has 1 aliphatic rings. The summed E-state index contributed by atoms with van der Waals surface area (Å²) >= 11 is 3.43. The van der Waals surface area contributed by atoms with Gasteiger partial charge in [0, 0.05) is 4.47 Å². The fraction of sp³-hybridized carbons (Fsp3) is 0.455. The highest BCUT2D eigenvalue weighted by Crippen LogP contribution is 2.40. The first-order valence-electron chi connectivity index (χ1n) is 4.74. The molecule has 0 aromatic heterocycles. The smallest absolute Gasteiger partial charge is 0.0175 e. The Hall–Kier alpha value is -0.340. The van der Waals surface area contributed by atoms with Crippen LogP contribution in [0.25, 0.3) is 0 Å². The van der Waals surface area contributed by atoms with E-state index >= 15 is 0 Å². The van der Waals surface area contributed by atoms with Gasteiger partial charge >= 0.3 is 0 Å². The highest BCUT2D eigenvalue weighted by atomic mass is 79.9. The molecule has 1 saturated carbocycles. The SMILES string of the molecule is NCC1CC1Cc1ccc(Br)cc1. The van der Waals surface area contributed by atoms with Crippen molar-refractivity contribution in [1.29, 1.82) is 0 Å². The average molecular weight is 240 g/mol. The summed E-state index contributed by atoms with van der Waals surface area (Å²) in [5, 5.41) is 0. The van der Waals surface area contributed by atoms with Crippen molar-refractivity contribution in [2.45, 2.75) is 12.8 Å². The van der Waals surface area contributed by atoms with Crippen LogP contribution < -0.4 is 5.73 Å². The predicted molar refractivity (Wildman–Crippen MR) is 58.5 cm³/mol. The molecule has 0 heterocycles. The van der Waals surface area contributed by atoms with E-state index < -0.39 is 0 Å². The third kappa shape index (κ3) is 2.32. The quantitative estimate of drug-likeness (QED) is 0.863.